The molecule has 0 saturated carbocycles. The molecule has 3 rings (SSSR count). The van der Waals surface area contributed by atoms with Crippen LogP contribution in [0.5, 0.6) is 0 Å². The molecular weight excluding hydrogens is 419 g/mol. The molecule has 11 heteroatoms. The Kier molecular flexibility index (Phi) is 4.68. The minimum absolute atomic E-state index is 0.131. The molecule has 150 valence electrons. The Morgan fingerprint density at radius 2 is 1.89 bits per heavy atom. The fraction of sp³-hybridized carbons (Fsp3) is 0.294. The first kappa shape index (κ1) is 20.5. The van der Waals surface area contributed by atoms with Gasteiger partial charge in [-0.1, -0.05) is 6.07 Å². The Morgan fingerprint density at radius 3 is 2.50 bits per heavy atom. The van der Waals surface area contributed by atoms with E-state index in [0.29, 0.717) is 0 Å². The van der Waals surface area contributed by atoms with E-state index in [2.05, 4.69) is 0 Å². The van der Waals surface area contributed by atoms with E-state index in [1.807, 2.05) is 5.32 Å². The summed E-state index contributed by atoms with van der Waals surface area (Å²) in [7, 11) is -4.00. The average molecular weight is 433 g/mol. The number of amides is 1. The minimum Gasteiger partial charge on any atom is -0.373 e. The van der Waals surface area contributed by atoms with Gasteiger partial charge in [0.25, 0.3) is 5.91 Å². The monoisotopic (exact) mass is 433 g/mol. The molecule has 0 radical (unpaired) electrons. The van der Waals surface area contributed by atoms with Crippen molar-refractivity contribution in [3.8, 4) is 0 Å². The van der Waals surface area contributed by atoms with Gasteiger partial charge >= 0.3 is 6.18 Å². The zero-order chi connectivity index (χ0) is 21.1. The SMILES string of the molecule is Cc1ccc(NC(=O)C(C)(O)C(F)(F)F)c2c1S(=O)(=O)Cc1ccsc1C2=O. The first-order valence-electron chi connectivity index (χ1n) is 7.85. The number of carbonyl (C=O) groups is 2. The lowest BCUT2D eigenvalue weighted by atomic mass is 10.0. The van der Waals surface area contributed by atoms with Crippen LogP contribution in [0.1, 0.15) is 33.3 Å². The molecule has 0 fully saturated rings. The van der Waals surface area contributed by atoms with E-state index in [0.717, 1.165) is 17.4 Å². The average Bonchev–Trinajstić information content (AvgIpc) is 2.98. The third-order valence-corrected chi connectivity index (χ3v) is 7.23. The van der Waals surface area contributed by atoms with Crippen LogP contribution in [0.2, 0.25) is 0 Å². The Hall–Kier alpha value is -2.24. The number of halogens is 3. The maximum absolute atomic E-state index is 13.0. The molecule has 1 aromatic heterocycles. The number of ketones is 1. The summed E-state index contributed by atoms with van der Waals surface area (Å²) in [4.78, 5) is 24.8. The number of aliphatic hydroxyl groups is 1. The first-order chi connectivity index (χ1) is 12.8. The molecule has 2 aromatic rings. The third-order valence-electron chi connectivity index (χ3n) is 4.43. The molecule has 2 heterocycles. The molecule has 6 nitrogen and oxygen atoms in total. The first-order valence-corrected chi connectivity index (χ1v) is 10.4. The van der Waals surface area contributed by atoms with Gasteiger partial charge in [-0.3, -0.25) is 9.59 Å². The van der Waals surface area contributed by atoms with Crippen molar-refractivity contribution in [2.45, 2.75) is 36.3 Å². The zero-order valence-corrected chi connectivity index (χ0v) is 16.2. The molecule has 2 N–H and O–H groups in total. The van der Waals surface area contributed by atoms with Gasteiger partial charge in [0, 0.05) is 0 Å². The lowest BCUT2D eigenvalue weighted by Gasteiger charge is -2.25. The van der Waals surface area contributed by atoms with Crippen LogP contribution in [0.4, 0.5) is 18.9 Å². The summed E-state index contributed by atoms with van der Waals surface area (Å²) < 4.78 is 64.5. The number of alkyl halides is 3. The second-order valence-electron chi connectivity index (χ2n) is 6.52. The van der Waals surface area contributed by atoms with E-state index in [1.54, 1.807) is 0 Å². The highest BCUT2D eigenvalue weighted by Gasteiger charge is 2.56. The summed E-state index contributed by atoms with van der Waals surface area (Å²) in [5.41, 5.74) is -4.05. The van der Waals surface area contributed by atoms with Gasteiger partial charge in [0.2, 0.25) is 11.4 Å². The summed E-state index contributed by atoms with van der Waals surface area (Å²) in [6.07, 6.45) is -5.27. The number of anilines is 1. The fourth-order valence-electron chi connectivity index (χ4n) is 2.83. The zero-order valence-electron chi connectivity index (χ0n) is 14.5. The third kappa shape index (κ3) is 3.12. The van der Waals surface area contributed by atoms with Gasteiger partial charge in [-0.2, -0.15) is 13.2 Å². The van der Waals surface area contributed by atoms with Crippen molar-refractivity contribution in [3.05, 3.63) is 45.1 Å². The Bertz CT molecular complexity index is 1100. The summed E-state index contributed by atoms with van der Waals surface area (Å²) >= 11 is 0.998. The second-order valence-corrected chi connectivity index (χ2v) is 9.36. The summed E-state index contributed by atoms with van der Waals surface area (Å²) in [6, 6.07) is 3.91. The quantitative estimate of drug-likeness (QED) is 0.759. The molecule has 1 aliphatic heterocycles. The maximum Gasteiger partial charge on any atom is 0.426 e. The predicted molar refractivity (Wildman–Crippen MR) is 95.1 cm³/mol. The number of benzene rings is 1. The van der Waals surface area contributed by atoms with Crippen molar-refractivity contribution in [2.75, 3.05) is 5.32 Å². The van der Waals surface area contributed by atoms with Crippen LogP contribution in [0.3, 0.4) is 0 Å². The van der Waals surface area contributed by atoms with Gasteiger partial charge < -0.3 is 10.4 Å². The summed E-state index contributed by atoms with van der Waals surface area (Å²) in [5, 5.41) is 13.0. The van der Waals surface area contributed by atoms with Crippen LogP contribution in [0.15, 0.2) is 28.5 Å². The Labute approximate surface area is 161 Å². The maximum atomic E-state index is 13.0. The van der Waals surface area contributed by atoms with Crippen LogP contribution in [0.25, 0.3) is 0 Å². The van der Waals surface area contributed by atoms with E-state index in [-0.39, 0.29) is 27.8 Å². The van der Waals surface area contributed by atoms with E-state index in [9.17, 15) is 36.3 Å². The van der Waals surface area contributed by atoms with Gasteiger partial charge in [-0.25, -0.2) is 8.42 Å². The second kappa shape index (κ2) is 6.39. The minimum atomic E-state index is -5.27. The molecule has 0 spiro atoms. The number of carbonyl (C=O) groups excluding carboxylic acids is 2. The van der Waals surface area contributed by atoms with Gasteiger partial charge in [0.1, 0.15) is 0 Å². The Morgan fingerprint density at radius 1 is 1.25 bits per heavy atom. The van der Waals surface area contributed by atoms with Gasteiger partial charge in [0.15, 0.2) is 9.84 Å². The van der Waals surface area contributed by atoms with Crippen LogP contribution in [0, 0.1) is 6.92 Å². The number of fused-ring (bicyclic) bond motifs is 2. The molecule has 0 bridgehead atoms. The molecule has 1 amide bonds. The number of hydrogen-bond donors (Lipinski definition) is 2. The van der Waals surface area contributed by atoms with Crippen LogP contribution >= 0.6 is 11.3 Å². The highest BCUT2D eigenvalue weighted by molar-refractivity contribution is 7.90. The molecule has 1 atom stereocenters. The van der Waals surface area contributed by atoms with E-state index < -0.39 is 50.3 Å². The Balaban J connectivity index is 2.21. The molecule has 1 unspecified atom stereocenters. The molecule has 1 aromatic carbocycles. The molecule has 1 aliphatic rings. The van der Waals surface area contributed by atoms with E-state index in [4.69, 9.17) is 0 Å². The van der Waals surface area contributed by atoms with Crippen molar-refractivity contribution < 1.29 is 36.3 Å². The fourth-order valence-corrected chi connectivity index (χ4v) is 5.66. The van der Waals surface area contributed by atoms with Gasteiger partial charge in [-0.05, 0) is 42.5 Å². The van der Waals surface area contributed by atoms with Crippen molar-refractivity contribution in [2.24, 2.45) is 0 Å². The topological polar surface area (TPSA) is 101 Å². The highest BCUT2D eigenvalue weighted by atomic mass is 32.2. The van der Waals surface area contributed by atoms with Crippen LogP contribution < -0.4 is 5.32 Å². The smallest absolute Gasteiger partial charge is 0.373 e. The molecular formula is C17H14F3NO5S2. The number of thiophene rings is 1. The van der Waals surface area contributed by atoms with E-state index >= 15 is 0 Å². The lowest BCUT2D eigenvalue weighted by Crippen LogP contribution is -2.52. The van der Waals surface area contributed by atoms with Crippen LogP contribution in [-0.2, 0) is 20.4 Å². The molecule has 28 heavy (non-hydrogen) atoms. The molecule has 0 saturated heterocycles. The highest BCUT2D eigenvalue weighted by Crippen LogP contribution is 2.38. The normalized spacial score (nSPS) is 17.9. The standard InChI is InChI=1S/C17H14F3NO5S2/c1-8-3-4-10(21-15(23)16(2,24)17(18,19)20)11-12(22)13-9(5-6-27-13)7-28(25,26)14(8)11/h3-6,24H,7H2,1-2H3,(H,21,23). The van der Waals surface area contributed by atoms with Crippen molar-refractivity contribution in [1.82, 2.24) is 0 Å². The number of hydrogen-bond acceptors (Lipinski definition) is 6. The summed E-state index contributed by atoms with van der Waals surface area (Å²) in [5.74, 6) is -2.98. The molecule has 0 aliphatic carbocycles. The van der Waals surface area contributed by atoms with Crippen LogP contribution in [-0.4, -0.2) is 37.0 Å². The van der Waals surface area contributed by atoms with Crippen molar-refractivity contribution in [1.29, 1.82) is 0 Å². The lowest BCUT2D eigenvalue weighted by molar-refractivity contribution is -0.242. The van der Waals surface area contributed by atoms with Crippen molar-refractivity contribution in [3.63, 3.8) is 0 Å². The number of nitrogens with one attached hydrogen (secondary N) is 1. The largest absolute Gasteiger partial charge is 0.426 e. The van der Waals surface area contributed by atoms with Gasteiger partial charge in [-0.15, -0.1) is 11.3 Å². The van der Waals surface area contributed by atoms with Crippen molar-refractivity contribution >= 4 is 38.6 Å². The summed E-state index contributed by atoms with van der Waals surface area (Å²) in [6.45, 7) is 1.71. The number of aryl methyl sites for hydroxylation is 1. The number of sulfone groups is 1. The van der Waals surface area contributed by atoms with E-state index in [1.165, 1.54) is 24.4 Å². The predicted octanol–water partition coefficient (Wildman–Crippen LogP) is 2.83. The van der Waals surface area contributed by atoms with Gasteiger partial charge in [0.05, 0.1) is 26.8 Å². The number of rotatable bonds is 2.